The molecule has 0 aliphatic rings. The van der Waals surface area contributed by atoms with Crippen molar-refractivity contribution < 1.29 is 0 Å². The first kappa shape index (κ1) is 8.91. The van der Waals surface area contributed by atoms with Gasteiger partial charge in [0.2, 0.25) is 0 Å². The van der Waals surface area contributed by atoms with Crippen molar-refractivity contribution in [3.63, 3.8) is 0 Å². The van der Waals surface area contributed by atoms with Crippen molar-refractivity contribution in [2.24, 2.45) is 5.73 Å². The molecule has 1 aromatic heterocycles. The van der Waals surface area contributed by atoms with Crippen LogP contribution in [0.2, 0.25) is 0 Å². The summed E-state index contributed by atoms with van der Waals surface area (Å²) in [5.74, 6) is 0. The van der Waals surface area contributed by atoms with Crippen LogP contribution in [-0.4, -0.2) is 11.5 Å². The first-order valence-corrected chi connectivity index (χ1v) is 4.62. The molecule has 0 saturated carbocycles. The number of hydrogen-bond donors (Lipinski definition) is 1. The molecule has 0 amide bonds. The standard InChI is InChI=1S/C12H12N2/c13-8-2-5-10-4-1-7-12-11(10)6-3-9-14-12/h1-7,9H,8,13H2. The second-order valence-electron chi connectivity index (χ2n) is 3.06. The van der Waals surface area contributed by atoms with Crippen molar-refractivity contribution in [3.8, 4) is 0 Å². The summed E-state index contributed by atoms with van der Waals surface area (Å²) in [6, 6.07) is 10.1. The highest BCUT2D eigenvalue weighted by atomic mass is 14.6. The summed E-state index contributed by atoms with van der Waals surface area (Å²) in [6.45, 7) is 0.566. The number of hydrogen-bond acceptors (Lipinski definition) is 2. The largest absolute Gasteiger partial charge is 0.327 e. The van der Waals surface area contributed by atoms with E-state index in [9.17, 15) is 0 Å². The average molecular weight is 184 g/mol. The Morgan fingerprint density at radius 2 is 2.14 bits per heavy atom. The van der Waals surface area contributed by atoms with Gasteiger partial charge in [-0.05, 0) is 17.7 Å². The maximum Gasteiger partial charge on any atom is 0.0707 e. The summed E-state index contributed by atoms with van der Waals surface area (Å²) in [7, 11) is 0. The lowest BCUT2D eigenvalue weighted by molar-refractivity contribution is 1.26. The van der Waals surface area contributed by atoms with Crippen LogP contribution in [0.5, 0.6) is 0 Å². The SMILES string of the molecule is NCC=Cc1cccc2ncccc12. The number of pyridine rings is 1. The number of aromatic nitrogens is 1. The fraction of sp³-hybridized carbons (Fsp3) is 0.0833. The van der Waals surface area contributed by atoms with Gasteiger partial charge >= 0.3 is 0 Å². The smallest absolute Gasteiger partial charge is 0.0707 e. The zero-order valence-corrected chi connectivity index (χ0v) is 7.85. The molecule has 0 radical (unpaired) electrons. The Kier molecular flexibility index (Phi) is 2.56. The van der Waals surface area contributed by atoms with Gasteiger partial charge in [0.25, 0.3) is 0 Å². The van der Waals surface area contributed by atoms with Gasteiger partial charge in [-0.25, -0.2) is 0 Å². The maximum absolute atomic E-state index is 5.42. The van der Waals surface area contributed by atoms with Crippen LogP contribution in [-0.2, 0) is 0 Å². The Morgan fingerprint density at radius 3 is 3.00 bits per heavy atom. The van der Waals surface area contributed by atoms with E-state index in [0.717, 1.165) is 5.52 Å². The van der Waals surface area contributed by atoms with Crippen LogP contribution in [0.4, 0.5) is 0 Å². The lowest BCUT2D eigenvalue weighted by atomic mass is 10.1. The molecule has 0 fully saturated rings. The maximum atomic E-state index is 5.42. The minimum absolute atomic E-state index is 0.566. The highest BCUT2D eigenvalue weighted by molar-refractivity contribution is 5.87. The van der Waals surface area contributed by atoms with Gasteiger partial charge < -0.3 is 5.73 Å². The van der Waals surface area contributed by atoms with Gasteiger partial charge in [0.1, 0.15) is 0 Å². The normalized spacial score (nSPS) is 11.2. The molecule has 0 atom stereocenters. The van der Waals surface area contributed by atoms with E-state index in [-0.39, 0.29) is 0 Å². The van der Waals surface area contributed by atoms with Gasteiger partial charge in [0.05, 0.1) is 5.52 Å². The van der Waals surface area contributed by atoms with E-state index in [2.05, 4.69) is 17.1 Å². The van der Waals surface area contributed by atoms with Crippen LogP contribution in [0, 0.1) is 0 Å². The van der Waals surface area contributed by atoms with Crippen LogP contribution in [0.15, 0.2) is 42.6 Å². The Balaban J connectivity index is 2.59. The molecule has 0 aliphatic heterocycles. The molecule has 14 heavy (non-hydrogen) atoms. The summed E-state index contributed by atoms with van der Waals surface area (Å²) >= 11 is 0. The molecule has 0 unspecified atom stereocenters. The predicted octanol–water partition coefficient (Wildman–Crippen LogP) is 2.21. The van der Waals surface area contributed by atoms with Crippen LogP contribution in [0.25, 0.3) is 17.0 Å². The van der Waals surface area contributed by atoms with Gasteiger partial charge in [-0.1, -0.05) is 30.4 Å². The minimum atomic E-state index is 0.566. The molecular formula is C12H12N2. The lowest BCUT2D eigenvalue weighted by Crippen LogP contribution is -1.92. The van der Waals surface area contributed by atoms with E-state index in [1.165, 1.54) is 10.9 Å². The molecule has 1 heterocycles. The molecular weight excluding hydrogens is 172 g/mol. The van der Waals surface area contributed by atoms with E-state index in [1.807, 2.05) is 30.4 Å². The minimum Gasteiger partial charge on any atom is -0.327 e. The second kappa shape index (κ2) is 4.03. The molecule has 0 spiro atoms. The van der Waals surface area contributed by atoms with Gasteiger partial charge in [-0.3, -0.25) is 4.98 Å². The van der Waals surface area contributed by atoms with E-state index in [4.69, 9.17) is 5.73 Å². The van der Waals surface area contributed by atoms with Crippen molar-refractivity contribution in [3.05, 3.63) is 48.2 Å². The number of fused-ring (bicyclic) bond motifs is 1. The van der Waals surface area contributed by atoms with Crippen LogP contribution < -0.4 is 5.73 Å². The second-order valence-corrected chi connectivity index (χ2v) is 3.06. The van der Waals surface area contributed by atoms with Crippen LogP contribution >= 0.6 is 0 Å². The first-order valence-electron chi connectivity index (χ1n) is 4.62. The highest BCUT2D eigenvalue weighted by Crippen LogP contribution is 2.17. The number of rotatable bonds is 2. The monoisotopic (exact) mass is 184 g/mol. The third kappa shape index (κ3) is 1.65. The lowest BCUT2D eigenvalue weighted by Gasteiger charge is -2.00. The summed E-state index contributed by atoms with van der Waals surface area (Å²) < 4.78 is 0. The highest BCUT2D eigenvalue weighted by Gasteiger charge is 1.96. The third-order valence-corrected chi connectivity index (χ3v) is 2.11. The Labute approximate surface area is 83.1 Å². The van der Waals surface area contributed by atoms with Crippen molar-refractivity contribution in [2.45, 2.75) is 0 Å². The Bertz CT molecular complexity index is 455. The summed E-state index contributed by atoms with van der Waals surface area (Å²) in [5, 5.41) is 1.17. The molecule has 0 aliphatic carbocycles. The van der Waals surface area contributed by atoms with E-state index >= 15 is 0 Å². The number of benzene rings is 1. The topological polar surface area (TPSA) is 38.9 Å². The van der Waals surface area contributed by atoms with Gasteiger partial charge in [0, 0.05) is 18.1 Å². The Hall–Kier alpha value is -1.67. The molecule has 2 heteroatoms. The first-order chi connectivity index (χ1) is 6.92. The summed E-state index contributed by atoms with van der Waals surface area (Å²) in [6.07, 6.45) is 5.78. The summed E-state index contributed by atoms with van der Waals surface area (Å²) in [4.78, 5) is 4.28. The van der Waals surface area contributed by atoms with E-state index in [1.54, 1.807) is 6.20 Å². The molecule has 2 aromatic rings. The molecule has 2 rings (SSSR count). The average Bonchev–Trinajstić information content (AvgIpc) is 2.26. The fourth-order valence-electron chi connectivity index (χ4n) is 1.47. The molecule has 0 bridgehead atoms. The van der Waals surface area contributed by atoms with Gasteiger partial charge in [0.15, 0.2) is 0 Å². The van der Waals surface area contributed by atoms with Crippen LogP contribution in [0.1, 0.15) is 5.56 Å². The zero-order chi connectivity index (χ0) is 9.80. The quantitative estimate of drug-likeness (QED) is 0.777. The molecule has 70 valence electrons. The fourth-order valence-corrected chi connectivity index (χ4v) is 1.47. The van der Waals surface area contributed by atoms with Crippen molar-refractivity contribution >= 4 is 17.0 Å². The van der Waals surface area contributed by atoms with Crippen molar-refractivity contribution in [1.82, 2.24) is 4.98 Å². The van der Waals surface area contributed by atoms with Crippen LogP contribution in [0.3, 0.4) is 0 Å². The van der Waals surface area contributed by atoms with Gasteiger partial charge in [-0.15, -0.1) is 0 Å². The van der Waals surface area contributed by atoms with E-state index in [0.29, 0.717) is 6.54 Å². The molecule has 2 nitrogen and oxygen atoms in total. The number of nitrogens with zero attached hydrogens (tertiary/aromatic N) is 1. The molecule has 0 saturated heterocycles. The van der Waals surface area contributed by atoms with E-state index < -0.39 is 0 Å². The van der Waals surface area contributed by atoms with Crippen molar-refractivity contribution in [2.75, 3.05) is 6.54 Å². The van der Waals surface area contributed by atoms with Gasteiger partial charge in [-0.2, -0.15) is 0 Å². The van der Waals surface area contributed by atoms with Crippen molar-refractivity contribution in [1.29, 1.82) is 0 Å². The zero-order valence-electron chi connectivity index (χ0n) is 7.85. The molecule has 2 N–H and O–H groups in total. The Morgan fingerprint density at radius 1 is 1.21 bits per heavy atom. The predicted molar refractivity (Wildman–Crippen MR) is 59.8 cm³/mol. The third-order valence-electron chi connectivity index (χ3n) is 2.11. The summed E-state index contributed by atoms with van der Waals surface area (Å²) in [5.41, 5.74) is 7.61. The molecule has 1 aromatic carbocycles. The number of nitrogens with two attached hydrogens (primary N) is 1.